The molecule has 0 bridgehead atoms. The first-order valence-electron chi connectivity index (χ1n) is 4.71. The van der Waals surface area contributed by atoms with Crippen molar-refractivity contribution in [2.45, 2.75) is 38.6 Å². The summed E-state index contributed by atoms with van der Waals surface area (Å²) in [6.45, 7) is 3.86. The van der Waals surface area contributed by atoms with E-state index in [-0.39, 0.29) is 5.92 Å². The zero-order valence-corrected chi connectivity index (χ0v) is 9.41. The molecule has 0 aliphatic carbocycles. The molecule has 14 heavy (non-hydrogen) atoms. The van der Waals surface area contributed by atoms with Gasteiger partial charge in [-0.2, -0.15) is 0 Å². The summed E-state index contributed by atoms with van der Waals surface area (Å²) in [4.78, 5) is 0. The molecule has 0 fully saturated rings. The predicted octanol–water partition coefficient (Wildman–Crippen LogP) is 1.41. The number of terminal acetylenes is 1. The van der Waals surface area contributed by atoms with Crippen molar-refractivity contribution in [1.82, 2.24) is 0 Å². The van der Waals surface area contributed by atoms with Gasteiger partial charge in [-0.25, -0.2) is 0 Å². The van der Waals surface area contributed by atoms with Crippen molar-refractivity contribution in [3.05, 3.63) is 0 Å². The SMILES string of the molecule is C#CCC(O)(CC(OC)OC)C(C)C. The molecule has 3 nitrogen and oxygen atoms in total. The van der Waals surface area contributed by atoms with E-state index in [0.717, 1.165) is 0 Å². The van der Waals surface area contributed by atoms with E-state index < -0.39 is 11.9 Å². The molecular weight excluding hydrogens is 180 g/mol. The van der Waals surface area contributed by atoms with Gasteiger partial charge in [0.2, 0.25) is 0 Å². The van der Waals surface area contributed by atoms with E-state index >= 15 is 0 Å². The molecule has 0 aromatic heterocycles. The molecule has 0 aromatic carbocycles. The Kier molecular flexibility index (Phi) is 5.78. The first-order chi connectivity index (χ1) is 6.50. The standard InChI is InChI=1S/C11H20O3/c1-6-7-11(12,9(2)3)8-10(13-4)14-5/h1,9-10,12H,7-8H2,2-5H3. The highest BCUT2D eigenvalue weighted by molar-refractivity contribution is 4.97. The Morgan fingerprint density at radius 1 is 1.36 bits per heavy atom. The van der Waals surface area contributed by atoms with E-state index in [4.69, 9.17) is 15.9 Å². The fourth-order valence-electron chi connectivity index (χ4n) is 1.24. The van der Waals surface area contributed by atoms with E-state index in [2.05, 4.69) is 5.92 Å². The average molecular weight is 200 g/mol. The number of aliphatic hydroxyl groups is 1. The number of methoxy groups -OCH3 is 2. The molecular formula is C11H20O3. The minimum atomic E-state index is -0.911. The van der Waals surface area contributed by atoms with E-state index in [9.17, 15) is 5.11 Å². The highest BCUT2D eigenvalue weighted by Gasteiger charge is 2.33. The molecule has 1 unspecified atom stereocenters. The lowest BCUT2D eigenvalue weighted by atomic mass is 9.84. The molecule has 1 atom stereocenters. The Balaban J connectivity index is 4.43. The summed E-state index contributed by atoms with van der Waals surface area (Å²) in [5.41, 5.74) is -0.911. The van der Waals surface area contributed by atoms with Crippen LogP contribution >= 0.6 is 0 Å². The highest BCUT2D eigenvalue weighted by Crippen LogP contribution is 2.27. The maximum atomic E-state index is 10.2. The van der Waals surface area contributed by atoms with Gasteiger partial charge in [0.05, 0.1) is 5.60 Å². The number of ether oxygens (including phenoxy) is 2. The molecule has 0 aliphatic rings. The number of hydrogen-bond donors (Lipinski definition) is 1. The largest absolute Gasteiger partial charge is 0.388 e. The Morgan fingerprint density at radius 2 is 1.86 bits per heavy atom. The van der Waals surface area contributed by atoms with Gasteiger partial charge in [-0.15, -0.1) is 12.3 Å². The monoisotopic (exact) mass is 200 g/mol. The van der Waals surface area contributed by atoms with E-state index in [1.807, 2.05) is 13.8 Å². The summed E-state index contributed by atoms with van der Waals surface area (Å²) in [6.07, 6.45) is 5.52. The van der Waals surface area contributed by atoms with Gasteiger partial charge < -0.3 is 14.6 Å². The van der Waals surface area contributed by atoms with Crippen LogP contribution in [-0.2, 0) is 9.47 Å². The van der Waals surface area contributed by atoms with E-state index in [1.54, 1.807) is 14.2 Å². The van der Waals surface area contributed by atoms with Crippen LogP contribution in [0.15, 0.2) is 0 Å². The summed E-state index contributed by atoms with van der Waals surface area (Å²) in [6, 6.07) is 0. The predicted molar refractivity (Wildman–Crippen MR) is 55.7 cm³/mol. The van der Waals surface area contributed by atoms with Gasteiger partial charge in [-0.3, -0.25) is 0 Å². The lowest BCUT2D eigenvalue weighted by molar-refractivity contribution is -0.152. The van der Waals surface area contributed by atoms with Gasteiger partial charge in [0, 0.05) is 27.1 Å². The van der Waals surface area contributed by atoms with Crippen LogP contribution in [0.3, 0.4) is 0 Å². The minimum absolute atomic E-state index is 0.0753. The summed E-state index contributed by atoms with van der Waals surface area (Å²) in [5, 5.41) is 10.2. The third kappa shape index (κ3) is 3.67. The van der Waals surface area contributed by atoms with Crippen LogP contribution in [0.25, 0.3) is 0 Å². The summed E-state index contributed by atoms with van der Waals surface area (Å²) in [7, 11) is 3.09. The van der Waals surface area contributed by atoms with Crippen molar-refractivity contribution in [2.24, 2.45) is 5.92 Å². The van der Waals surface area contributed by atoms with Crippen LogP contribution in [0.5, 0.6) is 0 Å². The first kappa shape index (κ1) is 13.4. The van der Waals surface area contributed by atoms with Crippen molar-refractivity contribution in [3.8, 4) is 12.3 Å². The molecule has 1 N–H and O–H groups in total. The molecule has 0 saturated heterocycles. The second-order valence-corrected chi connectivity index (χ2v) is 3.74. The van der Waals surface area contributed by atoms with Crippen molar-refractivity contribution in [1.29, 1.82) is 0 Å². The van der Waals surface area contributed by atoms with Crippen molar-refractivity contribution >= 4 is 0 Å². The quantitative estimate of drug-likeness (QED) is 0.520. The van der Waals surface area contributed by atoms with Gasteiger partial charge in [0.25, 0.3) is 0 Å². The molecule has 0 amide bonds. The maximum absolute atomic E-state index is 10.2. The Morgan fingerprint density at radius 3 is 2.14 bits per heavy atom. The van der Waals surface area contributed by atoms with Crippen molar-refractivity contribution in [3.63, 3.8) is 0 Å². The van der Waals surface area contributed by atoms with Crippen molar-refractivity contribution in [2.75, 3.05) is 14.2 Å². The molecule has 0 spiro atoms. The average Bonchev–Trinajstić information content (AvgIpc) is 2.14. The second-order valence-electron chi connectivity index (χ2n) is 3.74. The smallest absolute Gasteiger partial charge is 0.159 e. The van der Waals surface area contributed by atoms with Crippen LogP contribution in [0, 0.1) is 18.3 Å². The fraction of sp³-hybridized carbons (Fsp3) is 0.818. The molecule has 0 radical (unpaired) electrons. The van der Waals surface area contributed by atoms with Crippen LogP contribution in [0.2, 0.25) is 0 Å². The minimum Gasteiger partial charge on any atom is -0.388 e. The molecule has 0 aliphatic heterocycles. The van der Waals surface area contributed by atoms with E-state index in [0.29, 0.717) is 12.8 Å². The topological polar surface area (TPSA) is 38.7 Å². The summed E-state index contributed by atoms with van der Waals surface area (Å²) >= 11 is 0. The molecule has 82 valence electrons. The maximum Gasteiger partial charge on any atom is 0.159 e. The van der Waals surface area contributed by atoms with Crippen LogP contribution in [0.4, 0.5) is 0 Å². The second kappa shape index (κ2) is 6.02. The third-order valence-electron chi connectivity index (χ3n) is 2.53. The first-order valence-corrected chi connectivity index (χ1v) is 4.71. The van der Waals surface area contributed by atoms with Crippen LogP contribution in [0.1, 0.15) is 26.7 Å². The Hall–Kier alpha value is -0.560. The Labute approximate surface area is 86.4 Å². The highest BCUT2D eigenvalue weighted by atomic mass is 16.7. The lowest BCUT2D eigenvalue weighted by Crippen LogP contribution is -2.39. The molecule has 0 aromatic rings. The molecule has 3 heteroatoms. The number of hydrogen-bond acceptors (Lipinski definition) is 3. The molecule has 0 saturated carbocycles. The summed E-state index contributed by atoms with van der Waals surface area (Å²) < 4.78 is 10.1. The third-order valence-corrected chi connectivity index (χ3v) is 2.53. The van der Waals surface area contributed by atoms with Crippen LogP contribution in [-0.4, -0.2) is 31.2 Å². The molecule has 0 heterocycles. The van der Waals surface area contributed by atoms with E-state index in [1.165, 1.54) is 0 Å². The van der Waals surface area contributed by atoms with Gasteiger partial charge in [-0.1, -0.05) is 13.8 Å². The summed E-state index contributed by atoms with van der Waals surface area (Å²) in [5.74, 6) is 2.56. The lowest BCUT2D eigenvalue weighted by Gasteiger charge is -2.32. The normalized spacial score (nSPS) is 15.6. The van der Waals surface area contributed by atoms with Gasteiger partial charge >= 0.3 is 0 Å². The fourth-order valence-corrected chi connectivity index (χ4v) is 1.24. The Bertz CT molecular complexity index is 191. The number of rotatable bonds is 6. The van der Waals surface area contributed by atoms with Gasteiger partial charge in [0.1, 0.15) is 0 Å². The van der Waals surface area contributed by atoms with Crippen LogP contribution < -0.4 is 0 Å². The zero-order chi connectivity index (χ0) is 11.2. The van der Waals surface area contributed by atoms with Gasteiger partial charge in [-0.05, 0) is 5.92 Å². The van der Waals surface area contributed by atoms with Gasteiger partial charge in [0.15, 0.2) is 6.29 Å². The zero-order valence-electron chi connectivity index (χ0n) is 9.41. The molecule has 0 rings (SSSR count). The van der Waals surface area contributed by atoms with Crippen molar-refractivity contribution < 1.29 is 14.6 Å².